The van der Waals surface area contributed by atoms with E-state index in [-0.39, 0.29) is 0 Å². The molecule has 80 valence electrons. The molecule has 0 bridgehead atoms. The van der Waals surface area contributed by atoms with Gasteiger partial charge in [0.2, 0.25) is 0 Å². The van der Waals surface area contributed by atoms with Crippen LogP contribution in [0.15, 0.2) is 0 Å². The second-order valence-electron chi connectivity index (χ2n) is 4.21. The first-order valence-corrected chi connectivity index (χ1v) is 6.01. The van der Waals surface area contributed by atoms with E-state index in [2.05, 4.69) is 13.8 Å². The lowest BCUT2D eigenvalue weighted by atomic mass is 10.00. The molecule has 0 aromatic rings. The van der Waals surface area contributed by atoms with Gasteiger partial charge in [0.05, 0.1) is 0 Å². The Morgan fingerprint density at radius 2 is 1.46 bits per heavy atom. The fraction of sp³-hybridized carbons (Fsp3) is 1.00. The third kappa shape index (κ3) is 9.88. The van der Waals surface area contributed by atoms with E-state index in [1.165, 1.54) is 51.4 Å². The smallest absolute Gasteiger partial charge is 0.00773 e. The summed E-state index contributed by atoms with van der Waals surface area (Å²) in [5, 5.41) is 0. The summed E-state index contributed by atoms with van der Waals surface area (Å²) in [7, 11) is 0. The van der Waals surface area contributed by atoms with Gasteiger partial charge in [-0.2, -0.15) is 0 Å². The normalized spacial score (nSPS) is 13.2. The first kappa shape index (κ1) is 13.0. The number of hydrogen-bond acceptors (Lipinski definition) is 1. The minimum absolute atomic E-state index is 0.868. The maximum atomic E-state index is 5.43. The number of hydrogen-bond donors (Lipinski definition) is 1. The third-order valence-corrected chi connectivity index (χ3v) is 2.85. The molecule has 1 unspecified atom stereocenters. The molecular weight excluding hydrogens is 158 g/mol. The summed E-state index contributed by atoms with van der Waals surface area (Å²) in [4.78, 5) is 0. The van der Waals surface area contributed by atoms with Crippen LogP contribution in [-0.4, -0.2) is 6.54 Å². The molecule has 13 heavy (non-hydrogen) atoms. The van der Waals surface area contributed by atoms with Gasteiger partial charge in [-0.05, 0) is 18.9 Å². The summed E-state index contributed by atoms with van der Waals surface area (Å²) >= 11 is 0. The van der Waals surface area contributed by atoms with Crippen LogP contribution in [0.4, 0.5) is 0 Å². The van der Waals surface area contributed by atoms with Gasteiger partial charge in [0.1, 0.15) is 0 Å². The van der Waals surface area contributed by atoms with Gasteiger partial charge in [-0.3, -0.25) is 0 Å². The molecule has 0 fully saturated rings. The van der Waals surface area contributed by atoms with Gasteiger partial charge < -0.3 is 5.73 Å². The summed E-state index contributed by atoms with van der Waals surface area (Å²) in [6.07, 6.45) is 11.0. The second kappa shape index (κ2) is 10.0. The molecule has 0 rings (SSSR count). The lowest BCUT2D eigenvalue weighted by molar-refractivity contribution is 0.471. The van der Waals surface area contributed by atoms with Crippen molar-refractivity contribution in [2.24, 2.45) is 11.7 Å². The quantitative estimate of drug-likeness (QED) is 0.544. The molecule has 1 atom stereocenters. The van der Waals surface area contributed by atoms with Crippen molar-refractivity contribution in [3.8, 4) is 0 Å². The summed E-state index contributed by atoms with van der Waals surface area (Å²) in [6, 6.07) is 0. The zero-order chi connectivity index (χ0) is 9.94. The van der Waals surface area contributed by atoms with Crippen LogP contribution in [0, 0.1) is 5.92 Å². The van der Waals surface area contributed by atoms with Gasteiger partial charge in [0.15, 0.2) is 0 Å². The van der Waals surface area contributed by atoms with Crippen LogP contribution in [0.25, 0.3) is 0 Å². The monoisotopic (exact) mass is 185 g/mol. The first-order valence-electron chi connectivity index (χ1n) is 6.01. The summed E-state index contributed by atoms with van der Waals surface area (Å²) in [5.41, 5.74) is 5.43. The van der Waals surface area contributed by atoms with E-state index >= 15 is 0 Å². The van der Waals surface area contributed by atoms with Crippen molar-refractivity contribution < 1.29 is 0 Å². The number of rotatable bonds is 9. The van der Waals surface area contributed by atoms with Crippen molar-refractivity contribution in [3.63, 3.8) is 0 Å². The molecule has 0 heterocycles. The third-order valence-electron chi connectivity index (χ3n) is 2.85. The fourth-order valence-corrected chi connectivity index (χ4v) is 1.55. The second-order valence-corrected chi connectivity index (χ2v) is 4.21. The van der Waals surface area contributed by atoms with Gasteiger partial charge in [0.25, 0.3) is 0 Å². The van der Waals surface area contributed by atoms with E-state index in [4.69, 9.17) is 5.73 Å². The standard InChI is InChI=1S/C12H27N/c1-3-12(2)10-8-6-4-5-7-9-11-13/h12H,3-11,13H2,1-2H3. The van der Waals surface area contributed by atoms with Crippen molar-refractivity contribution in [3.05, 3.63) is 0 Å². The molecule has 0 amide bonds. The van der Waals surface area contributed by atoms with E-state index in [9.17, 15) is 0 Å². The number of nitrogens with two attached hydrogens (primary N) is 1. The van der Waals surface area contributed by atoms with Gasteiger partial charge in [-0.1, -0.05) is 58.8 Å². The summed E-state index contributed by atoms with van der Waals surface area (Å²) in [6.45, 7) is 5.51. The van der Waals surface area contributed by atoms with E-state index in [0.29, 0.717) is 0 Å². The SMILES string of the molecule is CCC(C)CCCCCCCCN. The highest BCUT2D eigenvalue weighted by Crippen LogP contribution is 2.13. The highest BCUT2D eigenvalue weighted by atomic mass is 14.5. The molecular formula is C12H27N. The molecule has 2 N–H and O–H groups in total. The lowest BCUT2D eigenvalue weighted by Crippen LogP contribution is -1.97. The molecule has 1 nitrogen and oxygen atoms in total. The molecule has 0 aliphatic carbocycles. The van der Waals surface area contributed by atoms with Gasteiger partial charge in [-0.15, -0.1) is 0 Å². The van der Waals surface area contributed by atoms with Crippen LogP contribution in [0.3, 0.4) is 0 Å². The Labute approximate surface area is 84.1 Å². The van der Waals surface area contributed by atoms with Gasteiger partial charge in [-0.25, -0.2) is 0 Å². The number of unbranched alkanes of at least 4 members (excludes halogenated alkanes) is 5. The molecule has 0 spiro atoms. The zero-order valence-electron chi connectivity index (χ0n) is 9.52. The van der Waals surface area contributed by atoms with Gasteiger partial charge in [0, 0.05) is 0 Å². The average Bonchev–Trinajstić information content (AvgIpc) is 2.16. The topological polar surface area (TPSA) is 26.0 Å². The van der Waals surface area contributed by atoms with Crippen LogP contribution in [-0.2, 0) is 0 Å². The molecule has 1 heteroatoms. The van der Waals surface area contributed by atoms with Crippen LogP contribution >= 0.6 is 0 Å². The predicted octanol–water partition coefficient (Wildman–Crippen LogP) is 3.72. The molecule has 0 aliphatic rings. The summed E-state index contributed by atoms with van der Waals surface area (Å²) in [5.74, 6) is 0.934. The van der Waals surface area contributed by atoms with Crippen LogP contribution in [0.1, 0.15) is 65.2 Å². The van der Waals surface area contributed by atoms with Crippen molar-refractivity contribution >= 4 is 0 Å². The first-order chi connectivity index (χ1) is 6.31. The zero-order valence-corrected chi connectivity index (χ0v) is 9.52. The Bertz CT molecular complexity index is 91.1. The van der Waals surface area contributed by atoms with Crippen molar-refractivity contribution in [1.82, 2.24) is 0 Å². The van der Waals surface area contributed by atoms with Crippen LogP contribution in [0.5, 0.6) is 0 Å². The minimum Gasteiger partial charge on any atom is -0.330 e. The summed E-state index contributed by atoms with van der Waals surface area (Å²) < 4.78 is 0. The van der Waals surface area contributed by atoms with Crippen LogP contribution < -0.4 is 5.73 Å². The highest BCUT2D eigenvalue weighted by molar-refractivity contribution is 4.51. The molecule has 0 aromatic heterocycles. The average molecular weight is 185 g/mol. The Hall–Kier alpha value is -0.0400. The maximum absolute atomic E-state index is 5.43. The Morgan fingerprint density at radius 1 is 0.923 bits per heavy atom. The molecule has 0 aliphatic heterocycles. The fourth-order valence-electron chi connectivity index (χ4n) is 1.55. The Morgan fingerprint density at radius 3 is 2.00 bits per heavy atom. The van der Waals surface area contributed by atoms with Crippen molar-refractivity contribution in [2.75, 3.05) is 6.54 Å². The molecule has 0 radical (unpaired) electrons. The van der Waals surface area contributed by atoms with Gasteiger partial charge >= 0.3 is 0 Å². The lowest BCUT2D eigenvalue weighted by Gasteiger charge is -2.07. The Balaban J connectivity index is 2.91. The van der Waals surface area contributed by atoms with Crippen molar-refractivity contribution in [2.45, 2.75) is 65.2 Å². The maximum Gasteiger partial charge on any atom is -0.00773 e. The molecule has 0 saturated heterocycles. The largest absolute Gasteiger partial charge is 0.330 e. The van der Waals surface area contributed by atoms with E-state index in [1.54, 1.807) is 0 Å². The van der Waals surface area contributed by atoms with Crippen molar-refractivity contribution in [1.29, 1.82) is 0 Å². The Kier molecular flexibility index (Phi) is 10.0. The molecule has 0 aromatic carbocycles. The highest BCUT2D eigenvalue weighted by Gasteiger charge is 1.97. The van der Waals surface area contributed by atoms with E-state index in [1.807, 2.05) is 0 Å². The van der Waals surface area contributed by atoms with E-state index < -0.39 is 0 Å². The van der Waals surface area contributed by atoms with Crippen LogP contribution in [0.2, 0.25) is 0 Å². The predicted molar refractivity (Wildman–Crippen MR) is 60.8 cm³/mol. The minimum atomic E-state index is 0.868. The van der Waals surface area contributed by atoms with E-state index in [0.717, 1.165) is 12.5 Å². The molecule has 0 saturated carbocycles.